The molecule has 1 rings (SSSR count). The van der Waals surface area contributed by atoms with Crippen LogP contribution in [0, 0.1) is 0 Å². The lowest BCUT2D eigenvalue weighted by Crippen LogP contribution is -2.31. The molecule has 0 bridgehead atoms. The molecule has 3 heteroatoms. The highest BCUT2D eigenvalue weighted by Crippen LogP contribution is 2.28. The zero-order valence-electron chi connectivity index (χ0n) is 12.6. The van der Waals surface area contributed by atoms with Gasteiger partial charge in [0.05, 0.1) is 0 Å². The molecule has 0 saturated heterocycles. The number of nitrogens with zero attached hydrogens (tertiary/aromatic N) is 1. The summed E-state index contributed by atoms with van der Waals surface area (Å²) in [6.07, 6.45) is 3.81. The molecule has 0 spiro atoms. The molecule has 1 aromatic rings. The van der Waals surface area contributed by atoms with Crippen molar-refractivity contribution in [2.75, 3.05) is 11.4 Å². The number of halogens is 1. The fourth-order valence-electron chi connectivity index (χ4n) is 2.28. The van der Waals surface area contributed by atoms with Crippen molar-refractivity contribution in [2.45, 2.75) is 59.0 Å². The Balaban J connectivity index is 2.87. The summed E-state index contributed by atoms with van der Waals surface area (Å²) in [5, 5.41) is 0. The number of unbranched alkanes of at least 4 members (excludes halogenated alkanes) is 2. The maximum atomic E-state index is 5.96. The van der Waals surface area contributed by atoms with E-state index >= 15 is 0 Å². The maximum Gasteiger partial charge on any atom is 0.0380 e. The van der Waals surface area contributed by atoms with Gasteiger partial charge >= 0.3 is 0 Å². The molecule has 0 radical (unpaired) electrons. The Hall–Kier alpha value is -0.540. The highest BCUT2D eigenvalue weighted by Gasteiger charge is 2.13. The molecule has 2 nitrogen and oxygen atoms in total. The summed E-state index contributed by atoms with van der Waals surface area (Å²) < 4.78 is 1.11. The SMILES string of the molecule is CCCCCN(c1ccc(C(C)N)c(Br)c1)C(C)C. The van der Waals surface area contributed by atoms with E-state index in [-0.39, 0.29) is 6.04 Å². The van der Waals surface area contributed by atoms with Gasteiger partial charge in [-0.15, -0.1) is 0 Å². The zero-order valence-corrected chi connectivity index (χ0v) is 14.2. The molecule has 108 valence electrons. The minimum Gasteiger partial charge on any atom is -0.369 e. The predicted octanol–water partition coefficient (Wildman–Crippen LogP) is 4.87. The molecule has 0 aliphatic heterocycles. The second-order valence-electron chi connectivity index (χ2n) is 5.49. The highest BCUT2D eigenvalue weighted by atomic mass is 79.9. The van der Waals surface area contributed by atoms with Crippen molar-refractivity contribution in [3.63, 3.8) is 0 Å². The Morgan fingerprint density at radius 3 is 2.37 bits per heavy atom. The Morgan fingerprint density at radius 1 is 1.21 bits per heavy atom. The van der Waals surface area contributed by atoms with Crippen LogP contribution in [0.4, 0.5) is 5.69 Å². The maximum absolute atomic E-state index is 5.96. The van der Waals surface area contributed by atoms with Crippen LogP contribution in [0.25, 0.3) is 0 Å². The van der Waals surface area contributed by atoms with E-state index in [1.54, 1.807) is 0 Å². The Labute approximate surface area is 126 Å². The molecule has 1 unspecified atom stereocenters. The molecule has 0 aliphatic carbocycles. The Morgan fingerprint density at radius 2 is 1.89 bits per heavy atom. The molecule has 0 aliphatic rings. The number of hydrogen-bond acceptors (Lipinski definition) is 2. The zero-order chi connectivity index (χ0) is 14.4. The number of nitrogens with two attached hydrogens (primary N) is 1. The van der Waals surface area contributed by atoms with Gasteiger partial charge < -0.3 is 10.6 Å². The van der Waals surface area contributed by atoms with Crippen LogP contribution < -0.4 is 10.6 Å². The van der Waals surface area contributed by atoms with E-state index in [1.807, 2.05) is 6.92 Å². The van der Waals surface area contributed by atoms with Crippen LogP contribution in [0.5, 0.6) is 0 Å². The molecule has 0 saturated carbocycles. The van der Waals surface area contributed by atoms with Crippen LogP contribution in [0.15, 0.2) is 22.7 Å². The van der Waals surface area contributed by atoms with Gasteiger partial charge in [0, 0.05) is 28.8 Å². The van der Waals surface area contributed by atoms with Gasteiger partial charge in [-0.05, 0) is 44.9 Å². The first-order chi connectivity index (χ1) is 8.97. The van der Waals surface area contributed by atoms with Crippen LogP contribution in [0.1, 0.15) is 58.6 Å². The van der Waals surface area contributed by atoms with Crippen molar-refractivity contribution in [3.05, 3.63) is 28.2 Å². The van der Waals surface area contributed by atoms with Gasteiger partial charge in [0.25, 0.3) is 0 Å². The molecule has 0 heterocycles. The number of rotatable bonds is 7. The van der Waals surface area contributed by atoms with E-state index in [0.29, 0.717) is 6.04 Å². The molecule has 0 fully saturated rings. The lowest BCUT2D eigenvalue weighted by molar-refractivity contribution is 0.625. The van der Waals surface area contributed by atoms with E-state index in [9.17, 15) is 0 Å². The summed E-state index contributed by atoms with van der Waals surface area (Å²) in [7, 11) is 0. The standard InChI is InChI=1S/C16H27BrN2/c1-5-6-7-10-19(12(2)3)14-8-9-15(13(4)18)16(17)11-14/h8-9,11-13H,5-7,10,18H2,1-4H3. The van der Waals surface area contributed by atoms with Gasteiger partial charge in [-0.1, -0.05) is 41.8 Å². The lowest BCUT2D eigenvalue weighted by atomic mass is 10.1. The Bertz CT molecular complexity index is 388. The van der Waals surface area contributed by atoms with Crippen molar-refractivity contribution in [1.82, 2.24) is 0 Å². The van der Waals surface area contributed by atoms with Crippen LogP contribution >= 0.6 is 15.9 Å². The second kappa shape index (κ2) is 7.91. The molecule has 0 aromatic heterocycles. The molecule has 1 atom stereocenters. The normalized spacial score (nSPS) is 12.8. The van der Waals surface area contributed by atoms with Crippen LogP contribution in [-0.2, 0) is 0 Å². The summed E-state index contributed by atoms with van der Waals surface area (Å²) in [5.74, 6) is 0. The van der Waals surface area contributed by atoms with Crippen LogP contribution in [0.2, 0.25) is 0 Å². The van der Waals surface area contributed by atoms with E-state index < -0.39 is 0 Å². The van der Waals surface area contributed by atoms with E-state index in [2.05, 4.69) is 59.8 Å². The summed E-state index contributed by atoms with van der Waals surface area (Å²) in [4.78, 5) is 2.46. The smallest absolute Gasteiger partial charge is 0.0380 e. The third-order valence-electron chi connectivity index (χ3n) is 3.43. The van der Waals surface area contributed by atoms with Crippen molar-refractivity contribution in [2.24, 2.45) is 5.73 Å². The van der Waals surface area contributed by atoms with E-state index in [4.69, 9.17) is 5.73 Å². The lowest BCUT2D eigenvalue weighted by Gasteiger charge is -2.29. The fraction of sp³-hybridized carbons (Fsp3) is 0.625. The summed E-state index contributed by atoms with van der Waals surface area (Å²) in [5.41, 5.74) is 8.40. The molecular weight excluding hydrogens is 300 g/mol. The molecule has 2 N–H and O–H groups in total. The topological polar surface area (TPSA) is 29.3 Å². The minimum atomic E-state index is 0.0658. The van der Waals surface area contributed by atoms with Crippen molar-refractivity contribution in [1.29, 1.82) is 0 Å². The fourth-order valence-corrected chi connectivity index (χ4v) is 3.01. The summed E-state index contributed by atoms with van der Waals surface area (Å²) in [6, 6.07) is 7.11. The number of anilines is 1. The van der Waals surface area contributed by atoms with Crippen LogP contribution in [-0.4, -0.2) is 12.6 Å². The van der Waals surface area contributed by atoms with Crippen molar-refractivity contribution in [3.8, 4) is 0 Å². The first-order valence-electron chi connectivity index (χ1n) is 7.29. The van der Waals surface area contributed by atoms with E-state index in [1.165, 1.54) is 30.5 Å². The van der Waals surface area contributed by atoms with Crippen LogP contribution in [0.3, 0.4) is 0 Å². The largest absolute Gasteiger partial charge is 0.369 e. The average Bonchev–Trinajstić information content (AvgIpc) is 2.33. The van der Waals surface area contributed by atoms with Gasteiger partial charge in [0.15, 0.2) is 0 Å². The van der Waals surface area contributed by atoms with Gasteiger partial charge in [0.1, 0.15) is 0 Å². The number of hydrogen-bond donors (Lipinski definition) is 1. The summed E-state index contributed by atoms with van der Waals surface area (Å²) in [6.45, 7) is 9.88. The van der Waals surface area contributed by atoms with Gasteiger partial charge in [-0.2, -0.15) is 0 Å². The third kappa shape index (κ3) is 4.81. The monoisotopic (exact) mass is 326 g/mol. The van der Waals surface area contributed by atoms with Gasteiger partial charge in [-0.25, -0.2) is 0 Å². The predicted molar refractivity (Wildman–Crippen MR) is 88.8 cm³/mol. The van der Waals surface area contributed by atoms with Gasteiger partial charge in [0.2, 0.25) is 0 Å². The molecule has 1 aromatic carbocycles. The van der Waals surface area contributed by atoms with Crippen molar-refractivity contribution < 1.29 is 0 Å². The first kappa shape index (κ1) is 16.5. The average molecular weight is 327 g/mol. The van der Waals surface area contributed by atoms with Gasteiger partial charge in [-0.3, -0.25) is 0 Å². The third-order valence-corrected chi connectivity index (χ3v) is 4.12. The van der Waals surface area contributed by atoms with E-state index in [0.717, 1.165) is 11.0 Å². The first-order valence-corrected chi connectivity index (χ1v) is 8.08. The quantitative estimate of drug-likeness (QED) is 0.724. The number of benzene rings is 1. The molecular formula is C16H27BrN2. The minimum absolute atomic E-state index is 0.0658. The Kier molecular flexibility index (Phi) is 6.87. The second-order valence-corrected chi connectivity index (χ2v) is 6.34. The highest BCUT2D eigenvalue weighted by molar-refractivity contribution is 9.10. The molecule has 0 amide bonds. The molecule has 19 heavy (non-hydrogen) atoms. The summed E-state index contributed by atoms with van der Waals surface area (Å²) >= 11 is 3.64. The van der Waals surface area contributed by atoms with Crippen molar-refractivity contribution >= 4 is 21.6 Å².